The summed E-state index contributed by atoms with van der Waals surface area (Å²) in [4.78, 5) is 23.6. The van der Waals surface area contributed by atoms with Crippen LogP contribution in [0.2, 0.25) is 0 Å². The molecular weight excluding hydrogens is 348 g/mol. The fourth-order valence-electron chi connectivity index (χ4n) is 3.23. The molecule has 148 valence electrons. The molecule has 0 aromatic heterocycles. The van der Waals surface area contributed by atoms with Crippen molar-refractivity contribution in [2.45, 2.75) is 70.4 Å². The Kier molecular flexibility index (Phi) is 8.00. The second-order valence-corrected chi connectivity index (χ2v) is 6.94. The highest BCUT2D eigenvalue weighted by molar-refractivity contribution is 5.92. The van der Waals surface area contributed by atoms with Crippen molar-refractivity contribution in [3.63, 3.8) is 0 Å². The predicted octanol–water partition coefficient (Wildman–Crippen LogP) is 3.16. The van der Waals surface area contributed by atoms with Crippen molar-refractivity contribution in [3.05, 3.63) is 42.0 Å². The van der Waals surface area contributed by atoms with Crippen LogP contribution >= 0.6 is 0 Å². The number of para-hydroxylation sites is 1. The Morgan fingerprint density at radius 2 is 2.00 bits per heavy atom. The van der Waals surface area contributed by atoms with Crippen LogP contribution in [-0.2, 0) is 14.3 Å². The van der Waals surface area contributed by atoms with Gasteiger partial charge in [-0.15, -0.1) is 0 Å². The van der Waals surface area contributed by atoms with Gasteiger partial charge in [0.15, 0.2) is 5.78 Å². The molecule has 0 bridgehead atoms. The van der Waals surface area contributed by atoms with Gasteiger partial charge in [0.1, 0.15) is 17.4 Å². The first-order chi connectivity index (χ1) is 12.9. The van der Waals surface area contributed by atoms with E-state index in [-0.39, 0.29) is 29.3 Å². The molecular formula is C21H28O6. The third-order valence-corrected chi connectivity index (χ3v) is 4.59. The molecule has 6 nitrogen and oxygen atoms in total. The lowest BCUT2D eigenvalue weighted by molar-refractivity contribution is -0.112. The Morgan fingerprint density at radius 3 is 2.67 bits per heavy atom. The number of ketones is 1. The second kappa shape index (κ2) is 10.2. The van der Waals surface area contributed by atoms with Gasteiger partial charge in [-0.3, -0.25) is 4.79 Å². The number of benzene rings is 1. The summed E-state index contributed by atoms with van der Waals surface area (Å²) in [6, 6.07) is 6.19. The summed E-state index contributed by atoms with van der Waals surface area (Å²) in [5.74, 6) is -0.857. The van der Waals surface area contributed by atoms with Crippen molar-refractivity contribution in [2.24, 2.45) is 0 Å². The van der Waals surface area contributed by atoms with Gasteiger partial charge < -0.3 is 19.7 Å². The van der Waals surface area contributed by atoms with Gasteiger partial charge in [0, 0.05) is 12.8 Å². The summed E-state index contributed by atoms with van der Waals surface area (Å²) >= 11 is 0. The highest BCUT2D eigenvalue weighted by Crippen LogP contribution is 2.27. The van der Waals surface area contributed by atoms with Gasteiger partial charge in [0.2, 0.25) is 0 Å². The lowest BCUT2D eigenvalue weighted by Crippen LogP contribution is -2.38. The molecule has 0 saturated carbocycles. The molecule has 1 aromatic carbocycles. The van der Waals surface area contributed by atoms with Gasteiger partial charge in [-0.2, -0.15) is 0 Å². The lowest BCUT2D eigenvalue weighted by Gasteiger charge is -2.34. The van der Waals surface area contributed by atoms with E-state index >= 15 is 0 Å². The number of carbonyl (C=O) groups excluding carboxylic acids is 2. The van der Waals surface area contributed by atoms with Gasteiger partial charge in [0.05, 0.1) is 18.3 Å². The highest BCUT2D eigenvalue weighted by atomic mass is 16.5. The molecule has 0 aliphatic carbocycles. The van der Waals surface area contributed by atoms with E-state index in [4.69, 9.17) is 9.47 Å². The minimum atomic E-state index is -0.627. The number of aromatic hydroxyl groups is 1. The van der Waals surface area contributed by atoms with Gasteiger partial charge in [-0.1, -0.05) is 25.1 Å². The average molecular weight is 376 g/mol. The number of hydrogen-bond acceptors (Lipinski definition) is 6. The lowest BCUT2D eigenvalue weighted by atomic mass is 9.95. The van der Waals surface area contributed by atoms with Crippen molar-refractivity contribution in [1.82, 2.24) is 0 Å². The van der Waals surface area contributed by atoms with E-state index in [1.54, 1.807) is 18.2 Å². The van der Waals surface area contributed by atoms with Crippen LogP contribution in [0.5, 0.6) is 5.75 Å². The molecule has 1 saturated heterocycles. The molecule has 1 aromatic rings. The largest absolute Gasteiger partial charge is 0.507 e. The van der Waals surface area contributed by atoms with Crippen molar-refractivity contribution >= 4 is 11.8 Å². The van der Waals surface area contributed by atoms with Crippen LogP contribution in [0.3, 0.4) is 0 Å². The van der Waals surface area contributed by atoms with E-state index in [2.05, 4.69) is 0 Å². The highest BCUT2D eigenvalue weighted by Gasteiger charge is 2.30. The topological polar surface area (TPSA) is 93.1 Å². The third-order valence-electron chi connectivity index (χ3n) is 4.59. The van der Waals surface area contributed by atoms with Crippen molar-refractivity contribution in [2.75, 3.05) is 0 Å². The number of phenolic OH excluding ortho intramolecular Hbond substituents is 1. The zero-order valence-electron chi connectivity index (χ0n) is 15.8. The van der Waals surface area contributed by atoms with Crippen LogP contribution in [-0.4, -0.2) is 46.4 Å². The molecule has 2 N–H and O–H groups in total. The van der Waals surface area contributed by atoms with E-state index in [1.165, 1.54) is 25.1 Å². The Hall–Kier alpha value is -2.18. The first-order valence-corrected chi connectivity index (χ1v) is 9.38. The summed E-state index contributed by atoms with van der Waals surface area (Å²) in [5.41, 5.74) is 0.0917. The van der Waals surface area contributed by atoms with E-state index in [1.807, 2.05) is 6.92 Å². The number of allylic oxidation sites excluding steroid dienone is 1. The maximum atomic E-state index is 12.4. The molecule has 1 heterocycles. The maximum absolute atomic E-state index is 12.4. The monoisotopic (exact) mass is 376 g/mol. The zero-order chi connectivity index (χ0) is 19.8. The Labute approximate surface area is 159 Å². The van der Waals surface area contributed by atoms with Crippen LogP contribution in [0.15, 0.2) is 36.4 Å². The number of phenols is 1. The molecule has 1 aliphatic heterocycles. The van der Waals surface area contributed by atoms with Gasteiger partial charge in [-0.25, -0.2) is 4.79 Å². The van der Waals surface area contributed by atoms with Gasteiger partial charge >= 0.3 is 5.97 Å². The Balaban J connectivity index is 2.07. The van der Waals surface area contributed by atoms with Crippen LogP contribution in [0, 0.1) is 0 Å². The molecule has 0 amide bonds. The first kappa shape index (κ1) is 21.1. The SMILES string of the molecule is CCC1CC(O)C[C@H](CC(C/C=C/C(C)=O)OC(=O)c2ccccc2O)O1. The van der Waals surface area contributed by atoms with E-state index in [0.29, 0.717) is 25.7 Å². The molecule has 0 radical (unpaired) electrons. The summed E-state index contributed by atoms with van der Waals surface area (Å²) in [5, 5.41) is 19.9. The summed E-state index contributed by atoms with van der Waals surface area (Å²) in [7, 11) is 0. The zero-order valence-corrected chi connectivity index (χ0v) is 15.8. The number of hydrogen-bond donors (Lipinski definition) is 2. The standard InChI is InChI=1S/C21H28O6/c1-3-16-11-15(23)12-18(26-16)13-17(8-6-7-14(2)22)27-21(25)19-9-4-5-10-20(19)24/h4-7,9-10,15-18,23-24H,3,8,11-13H2,1-2H3/b7-6+/t15?,16?,17?,18-/m1/s1. The molecule has 1 fully saturated rings. The van der Waals surface area contributed by atoms with Crippen LogP contribution < -0.4 is 0 Å². The Morgan fingerprint density at radius 1 is 1.30 bits per heavy atom. The second-order valence-electron chi connectivity index (χ2n) is 6.94. The molecule has 4 atom stereocenters. The number of esters is 1. The van der Waals surface area contributed by atoms with E-state index < -0.39 is 18.2 Å². The van der Waals surface area contributed by atoms with Crippen molar-refractivity contribution in [1.29, 1.82) is 0 Å². The van der Waals surface area contributed by atoms with E-state index in [9.17, 15) is 19.8 Å². The van der Waals surface area contributed by atoms with Crippen molar-refractivity contribution in [3.8, 4) is 5.75 Å². The first-order valence-electron chi connectivity index (χ1n) is 9.38. The number of ether oxygens (including phenoxy) is 2. The number of carbonyl (C=O) groups is 2. The average Bonchev–Trinajstić information content (AvgIpc) is 2.61. The number of rotatable bonds is 8. The molecule has 2 rings (SSSR count). The summed E-state index contributed by atoms with van der Waals surface area (Å²) < 4.78 is 11.6. The molecule has 3 unspecified atom stereocenters. The molecule has 1 aliphatic rings. The fourth-order valence-corrected chi connectivity index (χ4v) is 3.23. The van der Waals surface area contributed by atoms with Crippen molar-refractivity contribution < 1.29 is 29.3 Å². The molecule has 0 spiro atoms. The normalized spacial score (nSPS) is 23.9. The van der Waals surface area contributed by atoms with Crippen LogP contribution in [0.1, 0.15) is 56.3 Å². The minimum Gasteiger partial charge on any atom is -0.507 e. The number of aliphatic hydroxyl groups is 1. The smallest absolute Gasteiger partial charge is 0.342 e. The van der Waals surface area contributed by atoms with E-state index in [0.717, 1.165) is 6.42 Å². The van der Waals surface area contributed by atoms with Gasteiger partial charge in [-0.05, 0) is 44.4 Å². The number of aliphatic hydroxyl groups excluding tert-OH is 1. The minimum absolute atomic E-state index is 0.0129. The predicted molar refractivity (Wildman–Crippen MR) is 101 cm³/mol. The van der Waals surface area contributed by atoms with Gasteiger partial charge in [0.25, 0.3) is 0 Å². The molecule has 27 heavy (non-hydrogen) atoms. The molecule has 6 heteroatoms. The Bertz CT molecular complexity index is 668. The van der Waals surface area contributed by atoms with Crippen LogP contribution in [0.25, 0.3) is 0 Å². The summed E-state index contributed by atoms with van der Waals surface area (Å²) in [6.07, 6.45) is 4.57. The summed E-state index contributed by atoms with van der Waals surface area (Å²) in [6.45, 7) is 3.46. The van der Waals surface area contributed by atoms with Crippen LogP contribution in [0.4, 0.5) is 0 Å². The fraction of sp³-hybridized carbons (Fsp3) is 0.524. The quantitative estimate of drug-likeness (QED) is 0.535. The third kappa shape index (κ3) is 6.81. The maximum Gasteiger partial charge on any atom is 0.342 e.